The van der Waals surface area contributed by atoms with Crippen LogP contribution in [-0.4, -0.2) is 27.5 Å². The summed E-state index contributed by atoms with van der Waals surface area (Å²) >= 11 is 1.98. The Morgan fingerprint density at radius 1 is 1.31 bits per heavy atom. The Bertz CT molecular complexity index is 376. The number of hydrogen-bond acceptors (Lipinski definition) is 6. The summed E-state index contributed by atoms with van der Waals surface area (Å²) in [4.78, 5) is 8.65. The molecule has 16 heavy (non-hydrogen) atoms. The molecule has 1 aromatic rings. The summed E-state index contributed by atoms with van der Waals surface area (Å²) in [6, 6.07) is 0.517. The van der Waals surface area contributed by atoms with Crippen LogP contribution in [0.4, 0.5) is 11.6 Å². The van der Waals surface area contributed by atoms with Crippen LogP contribution in [0, 0.1) is 13.8 Å². The zero-order chi connectivity index (χ0) is 11.5. The van der Waals surface area contributed by atoms with Crippen molar-refractivity contribution in [1.29, 1.82) is 0 Å². The number of thioether (sulfide) groups is 1. The second-order valence-electron chi connectivity index (χ2n) is 3.94. The van der Waals surface area contributed by atoms with Crippen molar-refractivity contribution in [2.45, 2.75) is 26.3 Å². The molecular weight excluding hydrogens is 222 g/mol. The maximum Gasteiger partial charge on any atom is 0.148 e. The highest BCUT2D eigenvalue weighted by Crippen LogP contribution is 2.24. The van der Waals surface area contributed by atoms with E-state index in [1.165, 1.54) is 12.2 Å². The quantitative estimate of drug-likeness (QED) is 0.545. The molecular formula is C10H17N5S. The van der Waals surface area contributed by atoms with Crippen LogP contribution < -0.4 is 16.6 Å². The third-order valence-corrected chi connectivity index (χ3v) is 3.83. The molecule has 0 aromatic carbocycles. The zero-order valence-corrected chi connectivity index (χ0v) is 10.4. The van der Waals surface area contributed by atoms with Crippen LogP contribution in [0.25, 0.3) is 0 Å². The predicted molar refractivity (Wildman–Crippen MR) is 68.7 cm³/mol. The number of aryl methyl sites for hydroxylation is 1. The van der Waals surface area contributed by atoms with E-state index >= 15 is 0 Å². The summed E-state index contributed by atoms with van der Waals surface area (Å²) < 4.78 is 0. The minimum atomic E-state index is 0.517. The molecule has 0 bridgehead atoms. The fraction of sp³-hybridized carbons (Fsp3) is 0.600. The van der Waals surface area contributed by atoms with Crippen molar-refractivity contribution in [3.63, 3.8) is 0 Å². The summed E-state index contributed by atoms with van der Waals surface area (Å²) in [5.74, 6) is 10.1. The van der Waals surface area contributed by atoms with Gasteiger partial charge in [0.25, 0.3) is 0 Å². The first kappa shape index (κ1) is 11.5. The molecule has 1 atom stereocenters. The van der Waals surface area contributed by atoms with Gasteiger partial charge >= 0.3 is 0 Å². The van der Waals surface area contributed by atoms with Crippen LogP contribution in [0.2, 0.25) is 0 Å². The van der Waals surface area contributed by atoms with E-state index in [0.29, 0.717) is 11.9 Å². The second-order valence-corrected chi connectivity index (χ2v) is 5.09. The van der Waals surface area contributed by atoms with Crippen molar-refractivity contribution in [3.8, 4) is 0 Å². The van der Waals surface area contributed by atoms with Crippen LogP contribution in [-0.2, 0) is 0 Å². The number of nitrogen functional groups attached to an aromatic ring is 1. The molecule has 5 nitrogen and oxygen atoms in total. The van der Waals surface area contributed by atoms with Crippen LogP contribution in [0.15, 0.2) is 0 Å². The third-order valence-electron chi connectivity index (χ3n) is 2.66. The smallest absolute Gasteiger partial charge is 0.148 e. The van der Waals surface area contributed by atoms with E-state index in [0.717, 1.165) is 23.0 Å². The average molecular weight is 239 g/mol. The first-order valence-electron chi connectivity index (χ1n) is 5.37. The Hall–Kier alpha value is -1.01. The highest BCUT2D eigenvalue weighted by atomic mass is 32.2. The fourth-order valence-corrected chi connectivity index (χ4v) is 2.90. The molecule has 0 aliphatic carbocycles. The highest BCUT2D eigenvalue weighted by molar-refractivity contribution is 7.99. The Morgan fingerprint density at radius 3 is 2.69 bits per heavy atom. The molecule has 0 saturated carbocycles. The van der Waals surface area contributed by atoms with E-state index in [4.69, 9.17) is 5.84 Å². The van der Waals surface area contributed by atoms with Gasteiger partial charge in [0.05, 0.1) is 0 Å². The molecule has 2 rings (SSSR count). The Morgan fingerprint density at radius 2 is 2.06 bits per heavy atom. The molecule has 0 spiro atoms. The average Bonchev–Trinajstić information content (AvgIpc) is 2.75. The van der Waals surface area contributed by atoms with Gasteiger partial charge in [-0.1, -0.05) is 0 Å². The van der Waals surface area contributed by atoms with Gasteiger partial charge < -0.3 is 10.7 Å². The Labute approximate surface area is 99.6 Å². The minimum Gasteiger partial charge on any atom is -0.366 e. The van der Waals surface area contributed by atoms with E-state index in [-0.39, 0.29) is 0 Å². The number of nitrogens with zero attached hydrogens (tertiary/aromatic N) is 2. The molecule has 0 radical (unpaired) electrons. The standard InChI is InChI=1S/C10H17N5S/c1-6-9(14-8-3-4-16-5-8)12-7(2)13-10(6)15-11/h8H,3-5,11H2,1-2H3,(H2,12,13,14,15). The number of nitrogens with two attached hydrogens (primary N) is 1. The summed E-state index contributed by atoms with van der Waals surface area (Å²) in [6.07, 6.45) is 1.19. The van der Waals surface area contributed by atoms with Crippen molar-refractivity contribution >= 4 is 23.4 Å². The van der Waals surface area contributed by atoms with E-state index < -0.39 is 0 Å². The van der Waals surface area contributed by atoms with E-state index in [1.54, 1.807) is 0 Å². The lowest BCUT2D eigenvalue weighted by atomic mass is 10.2. The molecule has 2 heterocycles. The lowest BCUT2D eigenvalue weighted by Crippen LogP contribution is -2.21. The van der Waals surface area contributed by atoms with Crippen molar-refractivity contribution < 1.29 is 0 Å². The summed E-state index contributed by atoms with van der Waals surface area (Å²) in [6.45, 7) is 3.84. The third kappa shape index (κ3) is 2.38. The van der Waals surface area contributed by atoms with Crippen LogP contribution in [0.1, 0.15) is 17.8 Å². The molecule has 1 aromatic heterocycles. The van der Waals surface area contributed by atoms with Gasteiger partial charge in [0.15, 0.2) is 0 Å². The highest BCUT2D eigenvalue weighted by Gasteiger charge is 2.17. The number of aromatic nitrogens is 2. The number of hydrazine groups is 1. The lowest BCUT2D eigenvalue weighted by Gasteiger charge is -2.16. The minimum absolute atomic E-state index is 0.517. The maximum absolute atomic E-state index is 5.42. The number of hydrogen-bond donors (Lipinski definition) is 3. The van der Waals surface area contributed by atoms with Crippen molar-refractivity contribution in [1.82, 2.24) is 9.97 Å². The topological polar surface area (TPSA) is 75.9 Å². The fourth-order valence-electron chi connectivity index (χ4n) is 1.75. The van der Waals surface area contributed by atoms with E-state index in [1.807, 2.05) is 25.6 Å². The normalized spacial score (nSPS) is 19.8. The zero-order valence-electron chi connectivity index (χ0n) is 9.58. The SMILES string of the molecule is Cc1nc(NN)c(C)c(NC2CCSC2)n1. The van der Waals surface area contributed by atoms with Crippen molar-refractivity contribution in [3.05, 3.63) is 11.4 Å². The molecule has 4 N–H and O–H groups in total. The van der Waals surface area contributed by atoms with Gasteiger partial charge in [-0.05, 0) is 26.0 Å². The van der Waals surface area contributed by atoms with Crippen molar-refractivity contribution in [2.75, 3.05) is 22.2 Å². The number of nitrogens with one attached hydrogen (secondary N) is 2. The first-order valence-corrected chi connectivity index (χ1v) is 6.52. The van der Waals surface area contributed by atoms with Gasteiger partial charge in [0, 0.05) is 17.4 Å². The maximum atomic E-state index is 5.42. The van der Waals surface area contributed by atoms with E-state index in [9.17, 15) is 0 Å². The molecule has 0 amide bonds. The largest absolute Gasteiger partial charge is 0.366 e. The summed E-state index contributed by atoms with van der Waals surface area (Å²) in [5.41, 5.74) is 3.58. The Balaban J connectivity index is 2.21. The van der Waals surface area contributed by atoms with Crippen LogP contribution >= 0.6 is 11.8 Å². The lowest BCUT2D eigenvalue weighted by molar-refractivity contribution is 0.801. The van der Waals surface area contributed by atoms with Gasteiger partial charge in [-0.2, -0.15) is 11.8 Å². The van der Waals surface area contributed by atoms with Gasteiger partial charge in [-0.25, -0.2) is 15.8 Å². The van der Waals surface area contributed by atoms with Gasteiger partial charge in [-0.3, -0.25) is 0 Å². The second kappa shape index (κ2) is 4.88. The molecule has 1 saturated heterocycles. The predicted octanol–water partition coefficient (Wildman–Crippen LogP) is 1.30. The number of rotatable bonds is 3. The first-order chi connectivity index (χ1) is 7.70. The summed E-state index contributed by atoms with van der Waals surface area (Å²) in [5, 5.41) is 3.46. The molecule has 1 fully saturated rings. The van der Waals surface area contributed by atoms with Gasteiger partial charge in [0.1, 0.15) is 17.5 Å². The summed E-state index contributed by atoms with van der Waals surface area (Å²) in [7, 11) is 0. The van der Waals surface area contributed by atoms with Gasteiger partial charge in [-0.15, -0.1) is 0 Å². The van der Waals surface area contributed by atoms with Crippen LogP contribution in [0.3, 0.4) is 0 Å². The Kier molecular flexibility index (Phi) is 3.50. The van der Waals surface area contributed by atoms with Crippen LogP contribution in [0.5, 0.6) is 0 Å². The number of anilines is 2. The molecule has 1 aliphatic rings. The molecule has 1 unspecified atom stereocenters. The van der Waals surface area contributed by atoms with Crippen molar-refractivity contribution in [2.24, 2.45) is 5.84 Å². The molecule has 88 valence electrons. The van der Waals surface area contributed by atoms with Gasteiger partial charge in [0.2, 0.25) is 0 Å². The monoisotopic (exact) mass is 239 g/mol. The molecule has 1 aliphatic heterocycles. The van der Waals surface area contributed by atoms with E-state index in [2.05, 4.69) is 20.7 Å². The molecule has 6 heteroatoms.